The number of aromatic nitrogens is 1. The maximum atomic E-state index is 11.9. The van der Waals surface area contributed by atoms with E-state index in [2.05, 4.69) is 71.5 Å². The van der Waals surface area contributed by atoms with Crippen LogP contribution in [0.4, 0.5) is 4.79 Å². The summed E-state index contributed by atoms with van der Waals surface area (Å²) in [7, 11) is 4.20. The molecule has 2 atom stereocenters. The van der Waals surface area contributed by atoms with Crippen LogP contribution in [0.25, 0.3) is 10.9 Å². The average molecular weight is 394 g/mol. The number of carbonyl (C=O) groups is 2. The number of hydrogen-bond acceptors (Lipinski definition) is 4. The van der Waals surface area contributed by atoms with Gasteiger partial charge in [0.05, 0.1) is 11.3 Å². The summed E-state index contributed by atoms with van der Waals surface area (Å²) in [6, 6.07) is 19.1. The number of rotatable bonds is 6. The van der Waals surface area contributed by atoms with Crippen LogP contribution in [0, 0.1) is 0 Å². The van der Waals surface area contributed by atoms with E-state index in [4.69, 9.17) is 0 Å². The van der Waals surface area contributed by atoms with Crippen LogP contribution in [0.5, 0.6) is 0 Å². The van der Waals surface area contributed by atoms with Crippen LogP contribution in [0.3, 0.4) is 0 Å². The Labute approximate surface area is 168 Å². The fourth-order valence-electron chi connectivity index (χ4n) is 3.78. The van der Waals surface area contributed by atoms with Gasteiger partial charge >= 0.3 is 0 Å². The Morgan fingerprint density at radius 2 is 1.86 bits per heavy atom. The number of amides is 2. The second kappa shape index (κ2) is 7.81. The molecule has 144 valence electrons. The zero-order valence-corrected chi connectivity index (χ0v) is 16.8. The molecular formula is C22H23N3O2S. The Morgan fingerprint density at radius 1 is 1.07 bits per heavy atom. The van der Waals surface area contributed by atoms with Crippen LogP contribution < -0.4 is 5.32 Å². The van der Waals surface area contributed by atoms with Crippen LogP contribution in [-0.2, 0) is 17.8 Å². The van der Waals surface area contributed by atoms with Crippen molar-refractivity contribution in [3.8, 4) is 0 Å². The zero-order chi connectivity index (χ0) is 19.7. The lowest BCUT2D eigenvalue weighted by Crippen LogP contribution is -2.25. The number of nitrogens with zero attached hydrogens (tertiary/aromatic N) is 2. The molecule has 0 radical (unpaired) electrons. The van der Waals surface area contributed by atoms with Gasteiger partial charge in [0.2, 0.25) is 5.91 Å². The Hall–Kier alpha value is -2.57. The minimum Gasteiger partial charge on any atom is -0.346 e. The third-order valence-corrected chi connectivity index (χ3v) is 6.24. The summed E-state index contributed by atoms with van der Waals surface area (Å²) in [6.07, 6.45) is 2.67. The third-order valence-electron chi connectivity index (χ3n) is 5.25. The van der Waals surface area contributed by atoms with Gasteiger partial charge in [0, 0.05) is 23.6 Å². The lowest BCUT2D eigenvalue weighted by Gasteiger charge is -2.26. The van der Waals surface area contributed by atoms with E-state index in [1.54, 1.807) is 0 Å². The van der Waals surface area contributed by atoms with Gasteiger partial charge in [-0.05, 0) is 43.8 Å². The minimum absolute atomic E-state index is 0.191. The van der Waals surface area contributed by atoms with E-state index in [0.29, 0.717) is 6.42 Å². The van der Waals surface area contributed by atoms with Crippen molar-refractivity contribution < 1.29 is 9.59 Å². The first-order valence-corrected chi connectivity index (χ1v) is 10.2. The van der Waals surface area contributed by atoms with Crippen molar-refractivity contribution in [3.05, 3.63) is 71.9 Å². The van der Waals surface area contributed by atoms with Gasteiger partial charge in [-0.3, -0.25) is 14.9 Å². The van der Waals surface area contributed by atoms with E-state index < -0.39 is 0 Å². The maximum Gasteiger partial charge on any atom is 0.286 e. The molecule has 0 bridgehead atoms. The lowest BCUT2D eigenvalue weighted by molar-refractivity contribution is -0.118. The van der Waals surface area contributed by atoms with E-state index in [1.165, 1.54) is 5.56 Å². The number of thioether (sulfide) groups is 1. The van der Waals surface area contributed by atoms with Crippen LogP contribution in [-0.4, -0.2) is 40.0 Å². The smallest absolute Gasteiger partial charge is 0.286 e. The van der Waals surface area contributed by atoms with Crippen molar-refractivity contribution in [2.24, 2.45) is 0 Å². The predicted molar refractivity (Wildman–Crippen MR) is 113 cm³/mol. The molecule has 1 fully saturated rings. The van der Waals surface area contributed by atoms with Crippen molar-refractivity contribution in [1.29, 1.82) is 0 Å². The molecule has 28 heavy (non-hydrogen) atoms. The standard InChI is InChI=1S/C22H23N3O2S/c1-24(2)19(15-7-4-3-5-8-15)14-25-12-11-17-16(9-6-10-18(17)25)13-20-21(26)23-22(27)28-20/h3-12,19-20H,13-14H2,1-2H3,(H,23,26,27). The molecule has 2 aromatic carbocycles. The molecule has 0 aliphatic carbocycles. The predicted octanol–water partition coefficient (Wildman–Crippen LogP) is 3.84. The van der Waals surface area contributed by atoms with Crippen LogP contribution in [0.2, 0.25) is 0 Å². The molecule has 3 aromatic rings. The van der Waals surface area contributed by atoms with Gasteiger partial charge in [-0.15, -0.1) is 0 Å². The topological polar surface area (TPSA) is 54.3 Å². The molecule has 1 aliphatic heterocycles. The Bertz CT molecular complexity index is 1010. The highest BCUT2D eigenvalue weighted by Crippen LogP contribution is 2.29. The summed E-state index contributed by atoms with van der Waals surface area (Å²) in [4.78, 5) is 25.6. The van der Waals surface area contributed by atoms with Crippen molar-refractivity contribution >= 4 is 33.8 Å². The molecule has 2 heterocycles. The molecule has 1 aliphatic rings. The van der Waals surface area contributed by atoms with E-state index in [-0.39, 0.29) is 22.4 Å². The Morgan fingerprint density at radius 3 is 2.54 bits per heavy atom. The minimum atomic E-state index is -0.347. The maximum absolute atomic E-state index is 11.9. The van der Waals surface area contributed by atoms with E-state index >= 15 is 0 Å². The number of carbonyl (C=O) groups excluding carboxylic acids is 2. The largest absolute Gasteiger partial charge is 0.346 e. The van der Waals surface area contributed by atoms with E-state index in [1.807, 2.05) is 18.2 Å². The van der Waals surface area contributed by atoms with Crippen molar-refractivity contribution in [1.82, 2.24) is 14.8 Å². The second-order valence-electron chi connectivity index (χ2n) is 7.30. The summed E-state index contributed by atoms with van der Waals surface area (Å²) in [5.41, 5.74) is 3.53. The number of fused-ring (bicyclic) bond motifs is 1. The summed E-state index contributed by atoms with van der Waals surface area (Å²) in [5, 5.41) is 2.91. The number of likely N-dealkylation sites (N-methyl/N-ethyl adjacent to an activating group) is 1. The van der Waals surface area contributed by atoms with Gasteiger partial charge in [-0.1, -0.05) is 54.2 Å². The summed E-state index contributed by atoms with van der Waals surface area (Å²) in [5.74, 6) is -0.191. The molecular weight excluding hydrogens is 370 g/mol. The molecule has 6 heteroatoms. The summed E-state index contributed by atoms with van der Waals surface area (Å²) < 4.78 is 2.27. The van der Waals surface area contributed by atoms with Crippen molar-refractivity contribution in [3.63, 3.8) is 0 Å². The number of nitrogens with one attached hydrogen (secondary N) is 1. The Balaban J connectivity index is 1.62. The molecule has 5 nitrogen and oxygen atoms in total. The lowest BCUT2D eigenvalue weighted by atomic mass is 10.0. The zero-order valence-electron chi connectivity index (χ0n) is 16.0. The highest BCUT2D eigenvalue weighted by molar-refractivity contribution is 8.15. The molecule has 0 spiro atoms. The van der Waals surface area contributed by atoms with E-state index in [0.717, 1.165) is 34.8 Å². The fourth-order valence-corrected chi connectivity index (χ4v) is 4.63. The van der Waals surface area contributed by atoms with Crippen LogP contribution in [0.1, 0.15) is 17.2 Å². The Kier molecular flexibility index (Phi) is 5.24. The first kappa shape index (κ1) is 18.8. The van der Waals surface area contributed by atoms with E-state index in [9.17, 15) is 9.59 Å². The fraction of sp³-hybridized carbons (Fsp3) is 0.273. The van der Waals surface area contributed by atoms with Gasteiger partial charge in [0.1, 0.15) is 0 Å². The summed E-state index contributed by atoms with van der Waals surface area (Å²) in [6.45, 7) is 0.834. The monoisotopic (exact) mass is 393 g/mol. The van der Waals surface area contributed by atoms with Gasteiger partial charge in [-0.25, -0.2) is 0 Å². The molecule has 2 unspecified atom stereocenters. The SMILES string of the molecule is CN(C)C(Cn1ccc2c(CC3SC(=O)NC3=O)cccc21)c1ccccc1. The van der Waals surface area contributed by atoms with Crippen LogP contribution >= 0.6 is 11.8 Å². The number of imide groups is 1. The highest BCUT2D eigenvalue weighted by atomic mass is 32.2. The highest BCUT2D eigenvalue weighted by Gasteiger charge is 2.32. The average Bonchev–Trinajstić information content (AvgIpc) is 3.23. The molecule has 2 amide bonds. The molecule has 1 aromatic heterocycles. The first-order valence-electron chi connectivity index (χ1n) is 9.32. The second-order valence-corrected chi connectivity index (χ2v) is 8.47. The van der Waals surface area contributed by atoms with Gasteiger partial charge in [0.15, 0.2) is 0 Å². The molecule has 1 saturated heterocycles. The number of hydrogen-bond donors (Lipinski definition) is 1. The van der Waals surface area contributed by atoms with Crippen molar-refractivity contribution in [2.75, 3.05) is 14.1 Å². The normalized spacial score (nSPS) is 18.0. The van der Waals surface area contributed by atoms with Crippen molar-refractivity contribution in [2.45, 2.75) is 24.3 Å². The number of benzene rings is 2. The molecule has 0 saturated carbocycles. The molecule has 4 rings (SSSR count). The third kappa shape index (κ3) is 3.70. The quantitative estimate of drug-likeness (QED) is 0.691. The first-order chi connectivity index (χ1) is 13.5. The molecule has 1 N–H and O–H groups in total. The van der Waals surface area contributed by atoms with Gasteiger partial charge in [0.25, 0.3) is 5.24 Å². The van der Waals surface area contributed by atoms with Crippen LogP contribution in [0.15, 0.2) is 60.8 Å². The van der Waals surface area contributed by atoms with Gasteiger partial charge < -0.3 is 9.47 Å². The van der Waals surface area contributed by atoms with Gasteiger partial charge in [-0.2, -0.15) is 0 Å². The summed E-state index contributed by atoms with van der Waals surface area (Å²) >= 11 is 1.08.